The maximum atomic E-state index is 13.1. The molecule has 1 atom stereocenters. The van der Waals surface area contributed by atoms with Crippen molar-refractivity contribution in [3.63, 3.8) is 0 Å². The number of benzene rings is 3. The van der Waals surface area contributed by atoms with Gasteiger partial charge in [-0.05, 0) is 67.1 Å². The molecule has 0 heterocycles. The number of halogens is 1. The number of anilines is 2. The van der Waals surface area contributed by atoms with E-state index in [0.29, 0.717) is 29.4 Å². The molecular formula is C24H25FN2O6S. The minimum Gasteiger partial charge on any atom is -0.497 e. The van der Waals surface area contributed by atoms with Crippen molar-refractivity contribution < 1.29 is 31.8 Å². The Hall–Kier alpha value is -3.79. The number of hydrogen-bond acceptors (Lipinski definition) is 6. The van der Waals surface area contributed by atoms with Gasteiger partial charge in [-0.1, -0.05) is 6.92 Å². The zero-order valence-corrected chi connectivity index (χ0v) is 19.7. The van der Waals surface area contributed by atoms with Gasteiger partial charge in [0, 0.05) is 11.8 Å². The Morgan fingerprint density at radius 1 is 0.941 bits per heavy atom. The van der Waals surface area contributed by atoms with Crippen LogP contribution in [-0.2, 0) is 14.8 Å². The van der Waals surface area contributed by atoms with E-state index in [9.17, 15) is 17.6 Å². The molecule has 8 nitrogen and oxygen atoms in total. The monoisotopic (exact) mass is 488 g/mol. The number of ether oxygens (including phenoxy) is 3. The Morgan fingerprint density at radius 2 is 1.59 bits per heavy atom. The third kappa shape index (κ3) is 6.16. The topological polar surface area (TPSA) is 103 Å². The number of carbonyl (C=O) groups is 1. The average Bonchev–Trinajstić information content (AvgIpc) is 2.83. The fourth-order valence-electron chi connectivity index (χ4n) is 3.04. The number of nitrogens with one attached hydrogen (secondary N) is 2. The summed E-state index contributed by atoms with van der Waals surface area (Å²) in [7, 11) is -1.03. The minimum atomic E-state index is -3.93. The number of amides is 1. The molecule has 3 rings (SSSR count). The molecule has 2 N–H and O–H groups in total. The van der Waals surface area contributed by atoms with E-state index in [0.717, 1.165) is 0 Å². The van der Waals surface area contributed by atoms with Crippen LogP contribution in [0.15, 0.2) is 71.6 Å². The van der Waals surface area contributed by atoms with Gasteiger partial charge < -0.3 is 19.5 Å². The molecule has 0 saturated heterocycles. The first-order chi connectivity index (χ1) is 16.2. The van der Waals surface area contributed by atoms with Crippen molar-refractivity contribution in [2.45, 2.75) is 24.3 Å². The lowest BCUT2D eigenvalue weighted by Gasteiger charge is -2.17. The van der Waals surface area contributed by atoms with Crippen LogP contribution in [0.3, 0.4) is 0 Å². The van der Waals surface area contributed by atoms with Gasteiger partial charge in [-0.3, -0.25) is 9.52 Å². The first-order valence-corrected chi connectivity index (χ1v) is 11.8. The quantitative estimate of drug-likeness (QED) is 0.437. The Kier molecular flexibility index (Phi) is 7.95. The summed E-state index contributed by atoms with van der Waals surface area (Å²) in [5.41, 5.74) is 0.618. The van der Waals surface area contributed by atoms with Crippen LogP contribution >= 0.6 is 0 Å². The molecule has 0 unspecified atom stereocenters. The van der Waals surface area contributed by atoms with Crippen molar-refractivity contribution >= 4 is 27.3 Å². The van der Waals surface area contributed by atoms with Crippen LogP contribution in [0.1, 0.15) is 13.3 Å². The molecule has 0 aliphatic heterocycles. The van der Waals surface area contributed by atoms with Crippen LogP contribution < -0.4 is 24.2 Å². The molecule has 0 radical (unpaired) electrons. The van der Waals surface area contributed by atoms with Crippen LogP contribution in [-0.4, -0.2) is 34.6 Å². The SMILES string of the molecule is CC[C@@H](Oc1ccc(F)cc1)C(=O)Nc1ccc(S(=O)(=O)Nc2cc(OC)ccc2OC)cc1. The number of sulfonamides is 1. The van der Waals surface area contributed by atoms with Crippen molar-refractivity contribution in [1.82, 2.24) is 0 Å². The van der Waals surface area contributed by atoms with E-state index in [1.54, 1.807) is 19.1 Å². The number of methoxy groups -OCH3 is 2. The molecular weight excluding hydrogens is 463 g/mol. The molecule has 180 valence electrons. The second-order valence-corrected chi connectivity index (χ2v) is 8.84. The van der Waals surface area contributed by atoms with Crippen LogP contribution in [0.2, 0.25) is 0 Å². The van der Waals surface area contributed by atoms with E-state index >= 15 is 0 Å². The van der Waals surface area contributed by atoms with Gasteiger partial charge in [-0.2, -0.15) is 0 Å². The zero-order valence-electron chi connectivity index (χ0n) is 18.9. The molecule has 10 heteroatoms. The normalized spacial score (nSPS) is 11.9. The smallest absolute Gasteiger partial charge is 0.265 e. The van der Waals surface area contributed by atoms with Gasteiger partial charge in [0.15, 0.2) is 6.10 Å². The average molecular weight is 489 g/mol. The highest BCUT2D eigenvalue weighted by molar-refractivity contribution is 7.92. The van der Waals surface area contributed by atoms with Crippen LogP contribution in [0.25, 0.3) is 0 Å². The maximum absolute atomic E-state index is 13.1. The van der Waals surface area contributed by atoms with Crippen LogP contribution in [0.4, 0.5) is 15.8 Å². The van der Waals surface area contributed by atoms with E-state index in [-0.39, 0.29) is 10.6 Å². The third-order valence-corrected chi connectivity index (χ3v) is 6.22. The molecule has 34 heavy (non-hydrogen) atoms. The molecule has 0 bridgehead atoms. The van der Waals surface area contributed by atoms with Crippen molar-refractivity contribution in [3.8, 4) is 17.2 Å². The molecule has 0 spiro atoms. The second kappa shape index (κ2) is 10.9. The Bertz CT molecular complexity index is 1230. The Morgan fingerprint density at radius 3 is 2.18 bits per heavy atom. The summed E-state index contributed by atoms with van der Waals surface area (Å²) in [5.74, 6) is 0.342. The molecule has 0 aliphatic rings. The molecule has 0 saturated carbocycles. The van der Waals surface area contributed by atoms with E-state index in [1.165, 1.54) is 68.8 Å². The van der Waals surface area contributed by atoms with Crippen molar-refractivity contribution in [3.05, 3.63) is 72.5 Å². The maximum Gasteiger partial charge on any atom is 0.265 e. The lowest BCUT2D eigenvalue weighted by Crippen LogP contribution is -2.32. The Balaban J connectivity index is 1.70. The highest BCUT2D eigenvalue weighted by atomic mass is 32.2. The summed E-state index contributed by atoms with van der Waals surface area (Å²) in [6.07, 6.45) is -0.432. The predicted octanol–water partition coefficient (Wildman–Crippen LogP) is 4.44. The molecule has 1 amide bonds. The highest BCUT2D eigenvalue weighted by Crippen LogP contribution is 2.31. The van der Waals surface area contributed by atoms with Crippen molar-refractivity contribution in [2.75, 3.05) is 24.3 Å². The summed E-state index contributed by atoms with van der Waals surface area (Å²) in [4.78, 5) is 12.6. The minimum absolute atomic E-state index is 0.00928. The van der Waals surface area contributed by atoms with E-state index in [2.05, 4.69) is 10.0 Å². The second-order valence-electron chi connectivity index (χ2n) is 7.15. The van der Waals surface area contributed by atoms with E-state index in [4.69, 9.17) is 14.2 Å². The molecule has 0 aliphatic carbocycles. The lowest BCUT2D eigenvalue weighted by atomic mass is 10.2. The standard InChI is InChI=1S/C24H25FN2O6S/c1-4-22(33-18-9-5-16(25)6-10-18)24(28)26-17-7-12-20(13-8-17)34(29,30)27-21-15-19(31-2)11-14-23(21)32-3/h5-15,22,27H,4H2,1-3H3,(H,26,28)/t22-/m1/s1. The number of rotatable bonds is 10. The first-order valence-electron chi connectivity index (χ1n) is 10.3. The van der Waals surface area contributed by atoms with Crippen molar-refractivity contribution in [2.24, 2.45) is 0 Å². The van der Waals surface area contributed by atoms with Crippen LogP contribution in [0.5, 0.6) is 17.2 Å². The number of carbonyl (C=O) groups excluding carboxylic acids is 1. The van der Waals surface area contributed by atoms with E-state index in [1.807, 2.05) is 0 Å². The van der Waals surface area contributed by atoms with Crippen molar-refractivity contribution in [1.29, 1.82) is 0 Å². The van der Waals surface area contributed by atoms with Crippen LogP contribution in [0, 0.1) is 5.82 Å². The third-order valence-electron chi connectivity index (χ3n) is 4.84. The Labute approximate surface area is 197 Å². The summed E-state index contributed by atoms with van der Waals surface area (Å²) in [6.45, 7) is 1.78. The number of hydrogen-bond donors (Lipinski definition) is 2. The summed E-state index contributed by atoms with van der Waals surface area (Å²) < 4.78 is 57.2. The predicted molar refractivity (Wildman–Crippen MR) is 127 cm³/mol. The zero-order chi connectivity index (χ0) is 24.7. The summed E-state index contributed by atoms with van der Waals surface area (Å²) in [5, 5.41) is 2.70. The molecule has 0 aromatic heterocycles. The van der Waals surface area contributed by atoms with Gasteiger partial charge >= 0.3 is 0 Å². The van der Waals surface area contributed by atoms with Gasteiger partial charge in [0.1, 0.15) is 23.1 Å². The lowest BCUT2D eigenvalue weighted by molar-refractivity contribution is -0.122. The molecule has 3 aromatic carbocycles. The van der Waals surface area contributed by atoms with E-state index < -0.39 is 27.9 Å². The highest BCUT2D eigenvalue weighted by Gasteiger charge is 2.20. The van der Waals surface area contributed by atoms with Gasteiger partial charge in [0.05, 0.1) is 24.8 Å². The van der Waals surface area contributed by atoms with Gasteiger partial charge in [-0.15, -0.1) is 0 Å². The fourth-order valence-corrected chi connectivity index (χ4v) is 4.10. The summed E-state index contributed by atoms with van der Waals surface area (Å²) in [6, 6.07) is 15.8. The molecule has 0 fully saturated rings. The van der Waals surface area contributed by atoms with Gasteiger partial charge in [-0.25, -0.2) is 12.8 Å². The van der Waals surface area contributed by atoms with Gasteiger partial charge in [0.25, 0.3) is 15.9 Å². The summed E-state index contributed by atoms with van der Waals surface area (Å²) >= 11 is 0. The fraction of sp³-hybridized carbons (Fsp3) is 0.208. The van der Waals surface area contributed by atoms with Gasteiger partial charge in [0.2, 0.25) is 0 Å². The first kappa shape index (κ1) is 24.8. The largest absolute Gasteiger partial charge is 0.497 e. The molecule has 3 aromatic rings.